The molecule has 0 heterocycles. The van der Waals surface area contributed by atoms with E-state index in [-0.39, 0.29) is 11.6 Å². The van der Waals surface area contributed by atoms with Crippen LogP contribution in [0.1, 0.15) is 6.92 Å². The predicted molar refractivity (Wildman–Crippen MR) is 57.9 cm³/mol. The van der Waals surface area contributed by atoms with Crippen LogP contribution in [-0.2, 0) is 14.2 Å². The summed E-state index contributed by atoms with van der Waals surface area (Å²) in [6, 6.07) is 0. The maximum absolute atomic E-state index is 6.00. The first-order valence-corrected chi connectivity index (χ1v) is 3.84. The average molecular weight is 226 g/mol. The van der Waals surface area contributed by atoms with Gasteiger partial charge in [0.05, 0.1) is 13.2 Å². The highest BCUT2D eigenvalue weighted by Gasteiger charge is 2.03. The van der Waals surface area contributed by atoms with Crippen LogP contribution in [0, 0.1) is 12.3 Å². The fraction of sp³-hybridized carbons (Fsp3) is 0.778. The van der Waals surface area contributed by atoms with Crippen molar-refractivity contribution >= 4 is 0 Å². The maximum atomic E-state index is 6.00. The third kappa shape index (κ3) is 31.9. The fourth-order valence-electron chi connectivity index (χ4n) is 0.556. The van der Waals surface area contributed by atoms with Gasteiger partial charge in [-0.3, -0.25) is 10.5 Å². The van der Waals surface area contributed by atoms with Gasteiger partial charge in [0.1, 0.15) is 6.10 Å². The molecule has 0 unspecified atom stereocenters. The van der Waals surface area contributed by atoms with Gasteiger partial charge in [-0.05, 0) is 6.92 Å². The lowest BCUT2D eigenvalue weighted by Gasteiger charge is -2.11. The maximum Gasteiger partial charge on any atom is 0.104 e. The van der Waals surface area contributed by atoms with Crippen LogP contribution in [0.15, 0.2) is 0 Å². The van der Waals surface area contributed by atoms with Crippen LogP contribution in [0.5, 0.6) is 0 Å². The molecule has 0 saturated heterocycles. The van der Waals surface area contributed by atoms with E-state index in [1.165, 1.54) is 0 Å². The summed E-state index contributed by atoms with van der Waals surface area (Å²) in [5.74, 6) is 2.25. The first-order chi connectivity index (χ1) is 6.76. The molecule has 94 valence electrons. The van der Waals surface area contributed by atoms with E-state index in [2.05, 4.69) is 12.3 Å². The molecule has 0 amide bonds. The molecule has 0 aromatic rings. The number of rotatable bonds is 5. The molecule has 0 spiro atoms. The number of ether oxygens (including phenoxy) is 3. The van der Waals surface area contributed by atoms with E-state index in [0.717, 1.165) is 0 Å². The van der Waals surface area contributed by atoms with Crippen LogP contribution in [0.2, 0.25) is 0 Å². The van der Waals surface area contributed by atoms with Gasteiger partial charge in [0.2, 0.25) is 0 Å². The minimum atomic E-state index is 0. The normalized spacial score (nSPS) is 7.33. The van der Waals surface area contributed by atoms with Gasteiger partial charge in [-0.25, -0.2) is 0 Å². The first kappa shape index (κ1) is 23.9. The Kier molecular flexibility index (Phi) is 46.4. The molecule has 0 aromatic heterocycles. The molecule has 0 bridgehead atoms. The van der Waals surface area contributed by atoms with Crippen LogP contribution in [0.4, 0.5) is 0 Å². The summed E-state index contributed by atoms with van der Waals surface area (Å²) in [5.41, 5.74) is 0. The van der Waals surface area contributed by atoms with Crippen molar-refractivity contribution in [2.75, 3.05) is 34.5 Å². The van der Waals surface area contributed by atoms with Gasteiger partial charge >= 0.3 is 0 Å². The number of methoxy groups -OCH3 is 3. The van der Waals surface area contributed by atoms with Crippen LogP contribution >= 0.6 is 0 Å². The van der Waals surface area contributed by atoms with Crippen molar-refractivity contribution in [2.45, 2.75) is 13.0 Å². The van der Waals surface area contributed by atoms with Crippen molar-refractivity contribution in [2.24, 2.45) is 0 Å². The van der Waals surface area contributed by atoms with Crippen molar-refractivity contribution < 1.29 is 30.2 Å². The van der Waals surface area contributed by atoms with E-state index in [1.54, 1.807) is 28.3 Å². The molecule has 0 radical (unpaired) electrons. The second-order valence-electron chi connectivity index (χ2n) is 2.06. The zero-order chi connectivity index (χ0) is 11.8. The average Bonchev–Trinajstić information content (AvgIpc) is 2.22. The summed E-state index contributed by atoms with van der Waals surface area (Å²) in [6.45, 7) is 2.83. The van der Waals surface area contributed by atoms with Crippen molar-refractivity contribution in [3.8, 4) is 12.3 Å². The minimum Gasteiger partial charge on any atom is -0.412 e. The molecule has 0 aliphatic carbocycles. The van der Waals surface area contributed by atoms with Crippen molar-refractivity contribution in [3.05, 3.63) is 0 Å². The van der Waals surface area contributed by atoms with E-state index in [0.29, 0.717) is 13.2 Å². The molecule has 4 N–H and O–H groups in total. The lowest BCUT2D eigenvalue weighted by molar-refractivity contribution is -0.176. The Balaban J connectivity index is -0.0000000867. The quantitative estimate of drug-likeness (QED) is 0.394. The standard InChI is InChI=1S/C6H14O3.C3H4.H2O2.H2O/c1-7-4-6(9-3)5-8-2;1-3-2;1-2;/h6H,4-5H2,1-3H3;1H,2H3;1-2H;1H2. The van der Waals surface area contributed by atoms with Gasteiger partial charge in [0.15, 0.2) is 0 Å². The van der Waals surface area contributed by atoms with E-state index in [9.17, 15) is 0 Å². The molecular formula is C9H22O6. The van der Waals surface area contributed by atoms with Crippen LogP contribution < -0.4 is 0 Å². The molecule has 6 heteroatoms. The molecule has 6 nitrogen and oxygen atoms in total. The molecule has 0 aliphatic rings. The highest BCUT2D eigenvalue weighted by atomic mass is 17.0. The Bertz CT molecular complexity index is 106. The molecule has 0 aromatic carbocycles. The summed E-state index contributed by atoms with van der Waals surface area (Å²) in [6.07, 6.45) is 4.67. The molecule has 0 aliphatic heterocycles. The molecule has 0 rings (SSSR count). The van der Waals surface area contributed by atoms with Crippen molar-refractivity contribution in [1.82, 2.24) is 0 Å². The summed E-state index contributed by atoms with van der Waals surface area (Å²) in [5, 5.41) is 12.0. The Morgan fingerprint density at radius 1 is 1.13 bits per heavy atom. The summed E-state index contributed by atoms with van der Waals surface area (Å²) < 4.78 is 14.7. The van der Waals surface area contributed by atoms with E-state index in [1.807, 2.05) is 0 Å². The van der Waals surface area contributed by atoms with Gasteiger partial charge < -0.3 is 19.7 Å². The topological polar surface area (TPSA) is 99.7 Å². The molecule has 0 saturated carbocycles. The van der Waals surface area contributed by atoms with E-state index >= 15 is 0 Å². The summed E-state index contributed by atoms with van der Waals surface area (Å²) in [4.78, 5) is 0. The van der Waals surface area contributed by atoms with Crippen molar-refractivity contribution in [3.63, 3.8) is 0 Å². The van der Waals surface area contributed by atoms with Gasteiger partial charge in [0.25, 0.3) is 0 Å². The smallest absolute Gasteiger partial charge is 0.104 e. The second-order valence-corrected chi connectivity index (χ2v) is 2.06. The molecule has 0 atom stereocenters. The van der Waals surface area contributed by atoms with E-state index < -0.39 is 0 Å². The predicted octanol–water partition coefficient (Wildman–Crippen LogP) is 0.126. The zero-order valence-corrected chi connectivity index (χ0v) is 9.69. The number of terminal acetylenes is 1. The second kappa shape index (κ2) is 29.2. The zero-order valence-electron chi connectivity index (χ0n) is 9.69. The van der Waals surface area contributed by atoms with Gasteiger partial charge in [-0.2, -0.15) is 0 Å². The fourth-order valence-corrected chi connectivity index (χ4v) is 0.556. The Labute approximate surface area is 91.0 Å². The number of hydrogen-bond acceptors (Lipinski definition) is 5. The first-order valence-electron chi connectivity index (χ1n) is 3.84. The third-order valence-corrected chi connectivity index (χ3v) is 1.04. The van der Waals surface area contributed by atoms with E-state index in [4.69, 9.17) is 24.7 Å². The van der Waals surface area contributed by atoms with Crippen LogP contribution in [0.3, 0.4) is 0 Å². The van der Waals surface area contributed by atoms with Crippen LogP contribution in [-0.4, -0.2) is 56.6 Å². The Hall–Kier alpha value is -0.680. The van der Waals surface area contributed by atoms with Gasteiger partial charge in [-0.15, -0.1) is 12.3 Å². The number of hydrogen-bond donors (Lipinski definition) is 2. The largest absolute Gasteiger partial charge is 0.412 e. The molecular weight excluding hydrogens is 204 g/mol. The molecule has 0 fully saturated rings. The minimum absolute atomic E-state index is 0. The summed E-state index contributed by atoms with van der Waals surface area (Å²) in [7, 11) is 4.92. The monoisotopic (exact) mass is 226 g/mol. The lowest BCUT2D eigenvalue weighted by atomic mass is 10.4. The van der Waals surface area contributed by atoms with Gasteiger partial charge in [-0.1, -0.05) is 0 Å². The highest BCUT2D eigenvalue weighted by Crippen LogP contribution is 1.89. The Morgan fingerprint density at radius 2 is 1.40 bits per heavy atom. The SMILES string of the molecule is C#CC.COCC(COC)OC.O.OO. The van der Waals surface area contributed by atoms with Crippen LogP contribution in [0.25, 0.3) is 0 Å². The molecule has 15 heavy (non-hydrogen) atoms. The lowest BCUT2D eigenvalue weighted by Crippen LogP contribution is -2.22. The van der Waals surface area contributed by atoms with Crippen molar-refractivity contribution in [1.29, 1.82) is 0 Å². The third-order valence-electron chi connectivity index (χ3n) is 1.04. The highest BCUT2D eigenvalue weighted by molar-refractivity contribution is 4.73. The van der Waals surface area contributed by atoms with Gasteiger partial charge in [0, 0.05) is 21.3 Å². The Morgan fingerprint density at radius 3 is 1.53 bits per heavy atom. The summed E-state index contributed by atoms with van der Waals surface area (Å²) >= 11 is 0.